The maximum absolute atomic E-state index is 6.22. The Balaban J connectivity index is 2.19. The molecule has 0 radical (unpaired) electrons. The number of nitrogens with one attached hydrogen (secondary N) is 1. The third-order valence-corrected chi connectivity index (χ3v) is 4.05. The van der Waals surface area contributed by atoms with Gasteiger partial charge in [-0.25, -0.2) is 0 Å². The summed E-state index contributed by atoms with van der Waals surface area (Å²) in [6.07, 6.45) is 2.43. The number of methoxy groups -OCH3 is 1. The zero-order chi connectivity index (χ0) is 13.7. The number of halogens is 1. The summed E-state index contributed by atoms with van der Waals surface area (Å²) in [6.45, 7) is 1.24. The van der Waals surface area contributed by atoms with Crippen molar-refractivity contribution in [2.45, 2.75) is 19.0 Å². The molecule has 3 N–H and O–H groups in total. The fourth-order valence-electron chi connectivity index (χ4n) is 1.94. The Labute approximate surface area is 121 Å². The van der Waals surface area contributed by atoms with Crippen molar-refractivity contribution in [3.63, 3.8) is 0 Å². The van der Waals surface area contributed by atoms with Crippen LogP contribution in [-0.2, 0) is 17.7 Å². The number of thiophene rings is 1. The first-order valence-electron chi connectivity index (χ1n) is 5.95. The van der Waals surface area contributed by atoms with E-state index >= 15 is 0 Å². The number of hydrazine groups is 1. The van der Waals surface area contributed by atoms with Gasteiger partial charge in [0.2, 0.25) is 0 Å². The normalized spacial score (nSPS) is 12.8. The van der Waals surface area contributed by atoms with Crippen molar-refractivity contribution in [3.8, 4) is 0 Å². The minimum absolute atomic E-state index is 0.0643. The van der Waals surface area contributed by atoms with E-state index in [0.29, 0.717) is 18.2 Å². The molecule has 1 atom stereocenters. The highest BCUT2D eigenvalue weighted by Gasteiger charge is 2.20. The summed E-state index contributed by atoms with van der Waals surface area (Å²) >= 11 is 7.92. The van der Waals surface area contributed by atoms with Gasteiger partial charge in [0.1, 0.15) is 0 Å². The fourth-order valence-corrected chi connectivity index (χ4v) is 2.96. The van der Waals surface area contributed by atoms with E-state index in [-0.39, 0.29) is 6.04 Å². The molecular formula is C12H17ClN4OS. The maximum Gasteiger partial charge on any atom is 0.0834 e. The smallest absolute Gasteiger partial charge is 0.0834 e. The van der Waals surface area contributed by atoms with Crippen LogP contribution in [0.4, 0.5) is 0 Å². The van der Waals surface area contributed by atoms with Crippen LogP contribution in [0.3, 0.4) is 0 Å². The number of rotatable bonds is 7. The van der Waals surface area contributed by atoms with E-state index in [1.54, 1.807) is 24.6 Å². The standard InChI is InChI=1S/C12H17ClN4OS/c1-18-5-4-17-12(10(13)8-15-17)11(16-14)7-9-3-2-6-19-9/h2-3,6,8,11,16H,4-5,7,14H2,1H3. The molecule has 0 amide bonds. The Morgan fingerprint density at radius 2 is 2.47 bits per heavy atom. The second-order valence-corrected chi connectivity index (χ2v) is 5.54. The van der Waals surface area contributed by atoms with Crippen molar-refractivity contribution in [2.24, 2.45) is 5.84 Å². The van der Waals surface area contributed by atoms with Gasteiger partial charge >= 0.3 is 0 Å². The average Bonchev–Trinajstić information content (AvgIpc) is 3.04. The fraction of sp³-hybridized carbons (Fsp3) is 0.417. The highest BCUT2D eigenvalue weighted by Crippen LogP contribution is 2.26. The summed E-state index contributed by atoms with van der Waals surface area (Å²) in [5.41, 5.74) is 3.72. The Kier molecular flexibility index (Phi) is 5.35. The third kappa shape index (κ3) is 3.55. The van der Waals surface area contributed by atoms with E-state index in [2.05, 4.69) is 16.6 Å². The van der Waals surface area contributed by atoms with Gasteiger partial charge in [0.15, 0.2) is 0 Å². The van der Waals surface area contributed by atoms with Gasteiger partial charge in [-0.2, -0.15) is 5.10 Å². The first kappa shape index (κ1) is 14.5. The lowest BCUT2D eigenvalue weighted by Crippen LogP contribution is -2.31. The van der Waals surface area contributed by atoms with Crippen molar-refractivity contribution in [3.05, 3.63) is 39.3 Å². The molecule has 0 spiro atoms. The Bertz CT molecular complexity index is 500. The van der Waals surface area contributed by atoms with Crippen LogP contribution in [0.2, 0.25) is 5.02 Å². The molecule has 0 bridgehead atoms. The molecule has 0 saturated heterocycles. The molecule has 0 aliphatic rings. The summed E-state index contributed by atoms with van der Waals surface area (Å²) in [6, 6.07) is 4.04. The summed E-state index contributed by atoms with van der Waals surface area (Å²) in [4.78, 5) is 1.25. The van der Waals surface area contributed by atoms with Gasteiger partial charge in [-0.3, -0.25) is 16.0 Å². The molecule has 2 aromatic heterocycles. The van der Waals surface area contributed by atoms with Crippen LogP contribution in [0.1, 0.15) is 16.6 Å². The zero-order valence-corrected chi connectivity index (χ0v) is 12.2. The lowest BCUT2D eigenvalue weighted by atomic mass is 10.1. The highest BCUT2D eigenvalue weighted by atomic mass is 35.5. The lowest BCUT2D eigenvalue weighted by molar-refractivity contribution is 0.181. The van der Waals surface area contributed by atoms with Crippen LogP contribution in [0.25, 0.3) is 0 Å². The molecule has 19 heavy (non-hydrogen) atoms. The topological polar surface area (TPSA) is 65.1 Å². The molecule has 1 unspecified atom stereocenters. The van der Waals surface area contributed by atoms with E-state index in [4.69, 9.17) is 22.2 Å². The zero-order valence-electron chi connectivity index (χ0n) is 10.7. The van der Waals surface area contributed by atoms with Gasteiger partial charge in [0.25, 0.3) is 0 Å². The molecule has 2 aromatic rings. The average molecular weight is 301 g/mol. The molecule has 0 saturated carbocycles. The number of hydrogen-bond acceptors (Lipinski definition) is 5. The predicted molar refractivity (Wildman–Crippen MR) is 77.2 cm³/mol. The van der Waals surface area contributed by atoms with Crippen LogP contribution in [-0.4, -0.2) is 23.5 Å². The first-order chi connectivity index (χ1) is 9.26. The van der Waals surface area contributed by atoms with Gasteiger partial charge in [-0.1, -0.05) is 17.7 Å². The number of aromatic nitrogens is 2. The second-order valence-electron chi connectivity index (χ2n) is 4.10. The van der Waals surface area contributed by atoms with Gasteiger partial charge in [0.05, 0.1) is 36.1 Å². The molecule has 0 aliphatic carbocycles. The quantitative estimate of drug-likeness (QED) is 0.606. The molecule has 7 heteroatoms. The van der Waals surface area contributed by atoms with Gasteiger partial charge in [0, 0.05) is 18.4 Å². The predicted octanol–water partition coefficient (Wildman–Crippen LogP) is 1.99. The molecule has 104 valence electrons. The van der Waals surface area contributed by atoms with E-state index in [0.717, 1.165) is 12.1 Å². The van der Waals surface area contributed by atoms with E-state index in [9.17, 15) is 0 Å². The van der Waals surface area contributed by atoms with Crippen molar-refractivity contribution in [1.82, 2.24) is 15.2 Å². The Hall–Kier alpha value is -0.920. The number of nitrogens with two attached hydrogens (primary N) is 1. The molecule has 2 rings (SSSR count). The number of hydrogen-bond donors (Lipinski definition) is 2. The van der Waals surface area contributed by atoms with E-state index in [1.807, 2.05) is 16.1 Å². The maximum atomic E-state index is 6.22. The largest absolute Gasteiger partial charge is 0.383 e. The molecule has 0 aromatic carbocycles. The monoisotopic (exact) mass is 300 g/mol. The van der Waals surface area contributed by atoms with E-state index < -0.39 is 0 Å². The van der Waals surface area contributed by atoms with Gasteiger partial charge in [-0.15, -0.1) is 11.3 Å². The highest BCUT2D eigenvalue weighted by molar-refractivity contribution is 7.09. The van der Waals surface area contributed by atoms with Gasteiger partial charge < -0.3 is 4.74 Å². The molecule has 2 heterocycles. The van der Waals surface area contributed by atoms with Crippen LogP contribution < -0.4 is 11.3 Å². The lowest BCUT2D eigenvalue weighted by Gasteiger charge is -2.17. The van der Waals surface area contributed by atoms with Crippen LogP contribution in [0.5, 0.6) is 0 Å². The number of nitrogens with zero attached hydrogens (tertiary/aromatic N) is 2. The summed E-state index contributed by atoms with van der Waals surface area (Å²) in [7, 11) is 1.66. The molecule has 0 aliphatic heterocycles. The van der Waals surface area contributed by atoms with Crippen LogP contribution >= 0.6 is 22.9 Å². The van der Waals surface area contributed by atoms with Crippen molar-refractivity contribution in [2.75, 3.05) is 13.7 Å². The van der Waals surface area contributed by atoms with Crippen molar-refractivity contribution in [1.29, 1.82) is 0 Å². The van der Waals surface area contributed by atoms with Gasteiger partial charge in [-0.05, 0) is 11.4 Å². The second kappa shape index (κ2) is 7.02. The van der Waals surface area contributed by atoms with Crippen LogP contribution in [0, 0.1) is 0 Å². The van der Waals surface area contributed by atoms with Crippen molar-refractivity contribution >= 4 is 22.9 Å². The summed E-state index contributed by atoms with van der Waals surface area (Å²) < 4.78 is 6.91. The van der Waals surface area contributed by atoms with Crippen LogP contribution in [0.15, 0.2) is 23.7 Å². The summed E-state index contributed by atoms with van der Waals surface area (Å²) in [5, 5.41) is 6.93. The van der Waals surface area contributed by atoms with E-state index in [1.165, 1.54) is 4.88 Å². The summed E-state index contributed by atoms with van der Waals surface area (Å²) in [5.74, 6) is 5.67. The molecular weight excluding hydrogens is 284 g/mol. The molecule has 5 nitrogen and oxygen atoms in total. The Morgan fingerprint density at radius 3 is 3.11 bits per heavy atom. The minimum atomic E-state index is -0.0643. The molecule has 0 fully saturated rings. The number of ether oxygens (including phenoxy) is 1. The SMILES string of the molecule is COCCn1ncc(Cl)c1C(Cc1cccs1)NN. The van der Waals surface area contributed by atoms with Crippen molar-refractivity contribution < 1.29 is 4.74 Å². The first-order valence-corrected chi connectivity index (χ1v) is 7.20. The minimum Gasteiger partial charge on any atom is -0.383 e. The third-order valence-electron chi connectivity index (χ3n) is 2.86. The Morgan fingerprint density at radius 1 is 1.63 bits per heavy atom.